The van der Waals surface area contributed by atoms with E-state index in [2.05, 4.69) is 37.9 Å². The lowest BCUT2D eigenvalue weighted by molar-refractivity contribution is 0.0649. The van der Waals surface area contributed by atoms with E-state index in [1.54, 1.807) is 6.07 Å². The molecule has 1 unspecified atom stereocenters. The van der Waals surface area contributed by atoms with Crippen molar-refractivity contribution in [2.75, 3.05) is 13.7 Å². The van der Waals surface area contributed by atoms with Crippen LogP contribution in [0, 0.1) is 5.82 Å². The number of nitrogens with zero attached hydrogens (tertiary/aromatic N) is 1. The van der Waals surface area contributed by atoms with Crippen molar-refractivity contribution in [3.63, 3.8) is 0 Å². The SMILES string of the molecule is COc1cc(F)cc(C(COC(C)(C)[Si](C)(C)C)=N[S+]([O-])C(C)(C)C)c1. The summed E-state index contributed by atoms with van der Waals surface area (Å²) in [5.41, 5.74) is 0.980. The molecule has 1 rings (SSSR count). The summed E-state index contributed by atoms with van der Waals surface area (Å²) in [6.07, 6.45) is 0. The molecule has 0 saturated heterocycles. The van der Waals surface area contributed by atoms with E-state index in [9.17, 15) is 8.94 Å². The number of ether oxygens (including phenoxy) is 2. The van der Waals surface area contributed by atoms with Gasteiger partial charge in [-0.3, -0.25) is 0 Å². The second kappa shape index (κ2) is 8.42. The zero-order chi connectivity index (χ0) is 20.3. The summed E-state index contributed by atoms with van der Waals surface area (Å²) in [6.45, 7) is 16.5. The smallest absolute Gasteiger partial charge is 0.144 e. The molecule has 0 bridgehead atoms. The summed E-state index contributed by atoms with van der Waals surface area (Å²) in [5, 5.41) is -0.311. The first-order valence-electron chi connectivity index (χ1n) is 8.66. The number of hydrogen-bond donors (Lipinski definition) is 0. The predicted molar refractivity (Wildman–Crippen MR) is 111 cm³/mol. The van der Waals surface area contributed by atoms with E-state index in [0.29, 0.717) is 17.0 Å². The van der Waals surface area contributed by atoms with E-state index in [0.717, 1.165) is 0 Å². The molecular formula is C19H32FNO3SSi. The summed E-state index contributed by atoms with van der Waals surface area (Å²) in [6, 6.07) is 4.35. The minimum atomic E-state index is -1.61. The second-order valence-corrected chi connectivity index (χ2v) is 16.4. The van der Waals surface area contributed by atoms with Gasteiger partial charge in [0.1, 0.15) is 33.4 Å². The highest BCUT2D eigenvalue weighted by molar-refractivity contribution is 7.91. The molecule has 0 radical (unpaired) electrons. The van der Waals surface area contributed by atoms with Crippen LogP contribution >= 0.6 is 0 Å². The molecule has 0 amide bonds. The Labute approximate surface area is 161 Å². The average molecular weight is 402 g/mol. The molecule has 26 heavy (non-hydrogen) atoms. The molecule has 148 valence electrons. The molecule has 1 aromatic carbocycles. The van der Waals surface area contributed by atoms with Crippen LogP contribution in [-0.2, 0) is 16.1 Å². The van der Waals surface area contributed by atoms with E-state index in [1.807, 2.05) is 20.8 Å². The van der Waals surface area contributed by atoms with Crippen LogP contribution in [-0.4, -0.2) is 42.0 Å². The van der Waals surface area contributed by atoms with Crippen molar-refractivity contribution in [3.8, 4) is 5.75 Å². The third kappa shape index (κ3) is 6.37. The molecule has 0 saturated carbocycles. The third-order valence-corrected chi connectivity index (χ3v) is 9.72. The van der Waals surface area contributed by atoms with Crippen LogP contribution in [0.2, 0.25) is 19.6 Å². The summed E-state index contributed by atoms with van der Waals surface area (Å²) >= 11 is -1.48. The van der Waals surface area contributed by atoms with Gasteiger partial charge in [0.25, 0.3) is 0 Å². The molecule has 0 heterocycles. The largest absolute Gasteiger partial charge is 0.591 e. The summed E-state index contributed by atoms with van der Waals surface area (Å²) in [4.78, 5) is 0. The van der Waals surface area contributed by atoms with E-state index in [1.165, 1.54) is 19.2 Å². The van der Waals surface area contributed by atoms with Crippen LogP contribution in [0.3, 0.4) is 0 Å². The van der Waals surface area contributed by atoms with E-state index in [4.69, 9.17) is 9.47 Å². The first-order valence-corrected chi connectivity index (χ1v) is 13.3. The molecule has 0 aromatic heterocycles. The highest BCUT2D eigenvalue weighted by Gasteiger charge is 2.36. The van der Waals surface area contributed by atoms with Gasteiger partial charge in [0, 0.05) is 11.6 Å². The number of methoxy groups -OCH3 is 1. The summed E-state index contributed by atoms with van der Waals surface area (Å²) in [5.74, 6) is -0.0447. The Morgan fingerprint density at radius 3 is 2.19 bits per heavy atom. The average Bonchev–Trinajstić information content (AvgIpc) is 2.48. The number of hydrogen-bond acceptors (Lipinski definition) is 4. The molecular weight excluding hydrogens is 369 g/mol. The number of benzene rings is 1. The molecule has 1 aromatic rings. The Kier molecular flexibility index (Phi) is 7.49. The highest BCUT2D eigenvalue weighted by atomic mass is 32.2. The quantitative estimate of drug-likeness (QED) is 0.376. The molecule has 0 fully saturated rings. The van der Waals surface area contributed by atoms with Crippen LogP contribution in [0.5, 0.6) is 5.75 Å². The van der Waals surface area contributed by atoms with Gasteiger partial charge in [-0.25, -0.2) is 4.39 Å². The molecule has 0 aliphatic heterocycles. The molecule has 7 heteroatoms. The predicted octanol–water partition coefficient (Wildman–Crippen LogP) is 4.76. The first kappa shape index (κ1) is 23.1. The van der Waals surface area contributed by atoms with Crippen LogP contribution in [0.1, 0.15) is 40.2 Å². The number of halogens is 1. The Hall–Kier alpha value is -0.893. The lowest BCUT2D eigenvalue weighted by Crippen LogP contribution is -2.50. The van der Waals surface area contributed by atoms with Crippen LogP contribution in [0.4, 0.5) is 4.39 Å². The Balaban J connectivity index is 3.28. The fourth-order valence-corrected chi connectivity index (χ4v) is 2.85. The van der Waals surface area contributed by atoms with Gasteiger partial charge in [0.15, 0.2) is 0 Å². The Bertz CT molecular complexity index is 651. The number of rotatable bonds is 7. The molecule has 0 aliphatic carbocycles. The third-order valence-electron chi connectivity index (χ3n) is 4.53. The van der Waals surface area contributed by atoms with Gasteiger partial charge in [0.2, 0.25) is 0 Å². The molecule has 0 N–H and O–H groups in total. The van der Waals surface area contributed by atoms with Crippen LogP contribution < -0.4 is 4.74 Å². The van der Waals surface area contributed by atoms with Gasteiger partial charge in [0.05, 0.1) is 27.0 Å². The molecule has 0 spiro atoms. The fraction of sp³-hybridized carbons (Fsp3) is 0.632. The van der Waals surface area contributed by atoms with Crippen LogP contribution in [0.25, 0.3) is 0 Å². The minimum Gasteiger partial charge on any atom is -0.591 e. The topological polar surface area (TPSA) is 53.9 Å². The van der Waals surface area contributed by atoms with Gasteiger partial charge in [-0.15, -0.1) is 0 Å². The minimum absolute atomic E-state index is 0.158. The van der Waals surface area contributed by atoms with Crippen molar-refractivity contribution < 1.29 is 18.4 Å². The standard InChI is InChI=1S/C19H32FNO3SSi/c1-18(2,3)25(22)21-17(13-24-19(4,5)26(7,8)9)14-10-15(20)12-16(11-14)23-6/h10-12H,13H2,1-9H3. The fourth-order valence-electron chi connectivity index (χ4n) is 1.71. The maximum Gasteiger partial charge on any atom is 0.144 e. The maximum absolute atomic E-state index is 14.0. The summed E-state index contributed by atoms with van der Waals surface area (Å²) in [7, 11) is -0.130. The van der Waals surface area contributed by atoms with E-state index in [-0.39, 0.29) is 11.8 Å². The Morgan fingerprint density at radius 1 is 1.15 bits per heavy atom. The highest BCUT2D eigenvalue weighted by Crippen LogP contribution is 2.26. The van der Waals surface area contributed by atoms with Crippen molar-refractivity contribution in [1.29, 1.82) is 0 Å². The second-order valence-electron chi connectivity index (χ2n) is 8.83. The zero-order valence-electron chi connectivity index (χ0n) is 17.4. The lowest BCUT2D eigenvalue weighted by Gasteiger charge is -2.37. The van der Waals surface area contributed by atoms with Gasteiger partial charge >= 0.3 is 0 Å². The summed E-state index contributed by atoms with van der Waals surface area (Å²) < 4.78 is 41.7. The van der Waals surface area contributed by atoms with Gasteiger partial charge in [-0.2, -0.15) is 0 Å². The van der Waals surface area contributed by atoms with Crippen molar-refractivity contribution >= 4 is 25.1 Å². The maximum atomic E-state index is 14.0. The van der Waals surface area contributed by atoms with Crippen molar-refractivity contribution in [2.24, 2.45) is 4.40 Å². The van der Waals surface area contributed by atoms with E-state index < -0.39 is 30.0 Å². The van der Waals surface area contributed by atoms with Crippen LogP contribution in [0.15, 0.2) is 22.6 Å². The van der Waals surface area contributed by atoms with Crippen molar-refractivity contribution in [2.45, 2.75) is 64.2 Å². The molecule has 4 nitrogen and oxygen atoms in total. The van der Waals surface area contributed by atoms with Gasteiger partial charge < -0.3 is 14.0 Å². The monoisotopic (exact) mass is 401 g/mol. The van der Waals surface area contributed by atoms with Gasteiger partial charge in [-0.05, 0) is 46.8 Å². The zero-order valence-corrected chi connectivity index (χ0v) is 19.2. The Morgan fingerprint density at radius 2 is 1.73 bits per heavy atom. The normalized spacial score (nSPS) is 15.1. The lowest BCUT2D eigenvalue weighted by atomic mass is 10.1. The molecule has 1 atom stereocenters. The first-order chi connectivity index (χ1) is 11.7. The molecule has 0 aliphatic rings. The van der Waals surface area contributed by atoms with Crippen molar-refractivity contribution in [1.82, 2.24) is 0 Å². The van der Waals surface area contributed by atoms with Gasteiger partial charge in [-0.1, -0.05) is 24.0 Å². The van der Waals surface area contributed by atoms with E-state index >= 15 is 0 Å². The van der Waals surface area contributed by atoms with Crippen molar-refractivity contribution in [3.05, 3.63) is 29.6 Å².